The molecule has 1 atom stereocenters. The van der Waals surface area contributed by atoms with E-state index in [1.165, 1.54) is 28.9 Å². The minimum absolute atomic E-state index is 0.292. The van der Waals surface area contributed by atoms with Crippen LogP contribution in [0.1, 0.15) is 52.4 Å². The standard InChI is InChI=1S/C25H20N2O5S2/c1-14-5-3-4-6-17(14)15(2)32-24(30)26-19-13-31-27-18(19)8-7-16-11-20-21(33-16)12-22(34-20)25(9-10-25)23(28)29/h3-6,11-13,15H,9-10H2,1-2H3,(H,26,30)(H,28,29). The number of fused-ring (bicyclic) bond motifs is 1. The Morgan fingerprint density at radius 2 is 1.97 bits per heavy atom. The third-order valence-corrected chi connectivity index (χ3v) is 8.27. The van der Waals surface area contributed by atoms with Gasteiger partial charge in [0.25, 0.3) is 0 Å². The van der Waals surface area contributed by atoms with Gasteiger partial charge in [-0.05, 0) is 61.8 Å². The smallest absolute Gasteiger partial charge is 0.412 e. The molecule has 1 saturated carbocycles. The molecular formula is C25H20N2O5S2. The summed E-state index contributed by atoms with van der Waals surface area (Å²) < 4.78 is 12.5. The van der Waals surface area contributed by atoms with E-state index >= 15 is 0 Å². The molecule has 4 aromatic rings. The van der Waals surface area contributed by atoms with Crippen LogP contribution in [0.4, 0.5) is 10.5 Å². The molecule has 172 valence electrons. The maximum atomic E-state index is 12.4. The number of amides is 1. The van der Waals surface area contributed by atoms with E-state index in [0.717, 1.165) is 30.3 Å². The number of nitrogens with one attached hydrogen (secondary N) is 1. The lowest BCUT2D eigenvalue weighted by Crippen LogP contribution is -2.17. The van der Waals surface area contributed by atoms with Gasteiger partial charge >= 0.3 is 12.1 Å². The van der Waals surface area contributed by atoms with Crippen molar-refractivity contribution in [2.75, 3.05) is 5.32 Å². The first-order chi connectivity index (χ1) is 16.4. The first kappa shape index (κ1) is 22.2. The molecule has 0 saturated heterocycles. The van der Waals surface area contributed by atoms with Crippen LogP contribution < -0.4 is 5.32 Å². The zero-order valence-corrected chi connectivity index (χ0v) is 20.0. The number of hydrogen-bond donors (Lipinski definition) is 2. The number of benzene rings is 1. The first-order valence-corrected chi connectivity index (χ1v) is 12.3. The highest BCUT2D eigenvalue weighted by Crippen LogP contribution is 2.52. The molecule has 3 heterocycles. The van der Waals surface area contributed by atoms with Gasteiger partial charge in [0, 0.05) is 14.3 Å². The molecule has 0 radical (unpaired) electrons. The van der Waals surface area contributed by atoms with Crippen LogP contribution in [0.5, 0.6) is 0 Å². The van der Waals surface area contributed by atoms with Crippen LogP contribution in [0, 0.1) is 18.8 Å². The van der Waals surface area contributed by atoms with Crippen LogP contribution in [-0.2, 0) is 14.9 Å². The number of carbonyl (C=O) groups excluding carboxylic acids is 1. The molecule has 1 aromatic carbocycles. The number of nitrogens with zero attached hydrogens (tertiary/aromatic N) is 1. The maximum absolute atomic E-state index is 12.4. The van der Waals surface area contributed by atoms with Crippen molar-refractivity contribution < 1.29 is 24.0 Å². The number of carbonyl (C=O) groups is 2. The van der Waals surface area contributed by atoms with E-state index in [1.54, 1.807) is 0 Å². The Kier molecular flexibility index (Phi) is 5.63. The van der Waals surface area contributed by atoms with Gasteiger partial charge in [-0.1, -0.05) is 29.4 Å². The summed E-state index contributed by atoms with van der Waals surface area (Å²) in [6.45, 7) is 3.78. The van der Waals surface area contributed by atoms with Gasteiger partial charge in [0.2, 0.25) is 0 Å². The fourth-order valence-corrected chi connectivity index (χ4v) is 6.25. The van der Waals surface area contributed by atoms with Crippen molar-refractivity contribution >= 4 is 49.8 Å². The van der Waals surface area contributed by atoms with Gasteiger partial charge < -0.3 is 14.4 Å². The van der Waals surface area contributed by atoms with Crippen molar-refractivity contribution in [2.45, 2.75) is 38.2 Å². The number of carboxylic acid groups (broad SMARTS) is 1. The summed E-state index contributed by atoms with van der Waals surface area (Å²) in [5, 5.41) is 16.0. The van der Waals surface area contributed by atoms with Crippen LogP contribution >= 0.6 is 22.7 Å². The van der Waals surface area contributed by atoms with Gasteiger partial charge in [-0.25, -0.2) is 4.79 Å². The van der Waals surface area contributed by atoms with E-state index in [4.69, 9.17) is 9.26 Å². The lowest BCUT2D eigenvalue weighted by atomic mass is 10.1. The molecule has 1 amide bonds. The second-order valence-corrected chi connectivity index (χ2v) is 10.4. The van der Waals surface area contributed by atoms with E-state index < -0.39 is 23.6 Å². The third kappa shape index (κ3) is 4.18. The molecule has 0 bridgehead atoms. The van der Waals surface area contributed by atoms with Crippen molar-refractivity contribution in [2.24, 2.45) is 0 Å². The quantitative estimate of drug-likeness (QED) is 0.327. The highest BCUT2D eigenvalue weighted by molar-refractivity contribution is 7.28. The molecule has 1 aliphatic carbocycles. The molecule has 1 aliphatic rings. The molecule has 1 fully saturated rings. The number of thiophene rings is 2. The minimum Gasteiger partial charge on any atom is -0.481 e. The number of anilines is 1. The van der Waals surface area contributed by atoms with E-state index in [9.17, 15) is 14.7 Å². The zero-order valence-electron chi connectivity index (χ0n) is 18.4. The van der Waals surface area contributed by atoms with E-state index in [0.29, 0.717) is 24.2 Å². The molecular weight excluding hydrogens is 472 g/mol. The summed E-state index contributed by atoms with van der Waals surface area (Å²) in [6, 6.07) is 11.6. The summed E-state index contributed by atoms with van der Waals surface area (Å²) in [5.41, 5.74) is 1.90. The lowest BCUT2D eigenvalue weighted by Gasteiger charge is -2.15. The number of ether oxygens (including phenoxy) is 1. The Balaban J connectivity index is 1.27. The summed E-state index contributed by atoms with van der Waals surface area (Å²) in [4.78, 5) is 25.7. The number of rotatable bonds is 5. The van der Waals surface area contributed by atoms with E-state index in [2.05, 4.69) is 22.3 Å². The van der Waals surface area contributed by atoms with Crippen LogP contribution in [0.25, 0.3) is 9.40 Å². The first-order valence-electron chi connectivity index (χ1n) is 10.6. The Morgan fingerprint density at radius 3 is 2.68 bits per heavy atom. The molecule has 7 nitrogen and oxygen atoms in total. The third-order valence-electron chi connectivity index (χ3n) is 5.86. The molecule has 0 spiro atoms. The topological polar surface area (TPSA) is 102 Å². The lowest BCUT2D eigenvalue weighted by molar-refractivity contribution is -0.139. The predicted octanol–water partition coefficient (Wildman–Crippen LogP) is 6.08. The number of hydrogen-bond acceptors (Lipinski definition) is 7. The minimum atomic E-state index is -0.751. The van der Waals surface area contributed by atoms with E-state index in [1.807, 2.05) is 50.2 Å². The van der Waals surface area contributed by atoms with Gasteiger partial charge in [-0.3, -0.25) is 10.1 Å². The monoisotopic (exact) mass is 492 g/mol. The molecule has 1 unspecified atom stereocenters. The average Bonchev–Trinajstić information content (AvgIpc) is 3.12. The van der Waals surface area contributed by atoms with Gasteiger partial charge in [-0.2, -0.15) is 0 Å². The van der Waals surface area contributed by atoms with Crippen LogP contribution in [-0.4, -0.2) is 22.3 Å². The summed E-state index contributed by atoms with van der Waals surface area (Å²) in [5.74, 6) is 5.23. The van der Waals surface area contributed by atoms with Crippen molar-refractivity contribution in [3.8, 4) is 11.8 Å². The number of aryl methyl sites for hydroxylation is 1. The average molecular weight is 493 g/mol. The van der Waals surface area contributed by atoms with Crippen molar-refractivity contribution in [3.05, 3.63) is 69.2 Å². The van der Waals surface area contributed by atoms with Crippen molar-refractivity contribution in [1.82, 2.24) is 5.16 Å². The summed E-state index contributed by atoms with van der Waals surface area (Å²) in [7, 11) is 0. The fourth-order valence-electron chi connectivity index (χ4n) is 3.77. The van der Waals surface area contributed by atoms with Gasteiger partial charge in [0.15, 0.2) is 5.69 Å². The summed E-state index contributed by atoms with van der Waals surface area (Å²) >= 11 is 3.01. The molecule has 3 aromatic heterocycles. The van der Waals surface area contributed by atoms with Crippen molar-refractivity contribution in [1.29, 1.82) is 0 Å². The molecule has 5 rings (SSSR count). The fraction of sp³-hybridized carbons (Fsp3) is 0.240. The maximum Gasteiger partial charge on any atom is 0.412 e. The zero-order chi connectivity index (χ0) is 23.9. The van der Waals surface area contributed by atoms with Crippen LogP contribution in [0.3, 0.4) is 0 Å². The van der Waals surface area contributed by atoms with Crippen molar-refractivity contribution in [3.63, 3.8) is 0 Å². The summed E-state index contributed by atoms with van der Waals surface area (Å²) in [6.07, 6.45) is 1.65. The molecule has 2 N–H and O–H groups in total. The largest absolute Gasteiger partial charge is 0.481 e. The van der Waals surface area contributed by atoms with Crippen LogP contribution in [0.2, 0.25) is 0 Å². The number of carboxylic acids is 1. The second-order valence-electron chi connectivity index (χ2n) is 8.19. The Bertz CT molecular complexity index is 1430. The Labute approximate surface area is 203 Å². The highest BCUT2D eigenvalue weighted by Gasteiger charge is 2.53. The Hall–Kier alpha value is -3.61. The van der Waals surface area contributed by atoms with Crippen LogP contribution in [0.15, 0.2) is 47.2 Å². The number of aliphatic carboxylic acids is 1. The van der Waals surface area contributed by atoms with E-state index in [-0.39, 0.29) is 0 Å². The molecule has 9 heteroatoms. The van der Waals surface area contributed by atoms with Gasteiger partial charge in [0.05, 0.1) is 4.88 Å². The van der Waals surface area contributed by atoms with Gasteiger partial charge in [0.1, 0.15) is 23.5 Å². The Morgan fingerprint density at radius 1 is 1.21 bits per heavy atom. The van der Waals surface area contributed by atoms with Gasteiger partial charge in [-0.15, -0.1) is 22.7 Å². The second kappa shape index (κ2) is 8.63. The highest BCUT2D eigenvalue weighted by atomic mass is 32.1. The predicted molar refractivity (Wildman–Crippen MR) is 130 cm³/mol. The molecule has 34 heavy (non-hydrogen) atoms. The number of aromatic nitrogens is 1. The normalized spacial score (nSPS) is 14.8. The SMILES string of the molecule is Cc1ccccc1C(C)OC(=O)Nc1conc1C#Cc1cc2sc(C3(C(=O)O)CC3)cc2s1. The molecule has 0 aliphatic heterocycles.